The molecular formula is C17H16O5S. The second kappa shape index (κ2) is 7.69. The molecule has 0 radical (unpaired) electrons. The van der Waals surface area contributed by atoms with Gasteiger partial charge < -0.3 is 14.9 Å². The summed E-state index contributed by atoms with van der Waals surface area (Å²) in [7, 11) is 0. The normalized spacial score (nSPS) is 11.7. The van der Waals surface area contributed by atoms with E-state index in [0.29, 0.717) is 18.8 Å². The third-order valence-corrected chi connectivity index (χ3v) is 3.65. The number of thiol groups is 1. The van der Waals surface area contributed by atoms with Gasteiger partial charge >= 0.3 is 11.9 Å². The maximum atomic E-state index is 10.8. The topological polar surface area (TPSA) is 83.8 Å². The lowest BCUT2D eigenvalue weighted by Gasteiger charge is -2.09. The van der Waals surface area contributed by atoms with Crippen molar-refractivity contribution < 1.29 is 24.5 Å². The molecule has 2 aromatic rings. The van der Waals surface area contributed by atoms with Crippen molar-refractivity contribution in [2.24, 2.45) is 0 Å². The minimum Gasteiger partial charge on any atom is -0.489 e. The highest BCUT2D eigenvalue weighted by molar-refractivity contribution is 7.81. The van der Waals surface area contributed by atoms with Crippen molar-refractivity contribution in [1.29, 1.82) is 0 Å². The molecule has 0 fully saturated rings. The number of aromatic carboxylic acids is 1. The molecule has 0 spiro atoms. The van der Waals surface area contributed by atoms with Crippen molar-refractivity contribution in [2.45, 2.75) is 18.3 Å². The van der Waals surface area contributed by atoms with Gasteiger partial charge in [-0.15, -0.1) is 0 Å². The molecule has 0 amide bonds. The molecule has 0 aliphatic rings. The smallest absolute Gasteiger partial charge is 0.335 e. The molecule has 1 unspecified atom stereocenters. The third kappa shape index (κ3) is 5.03. The highest BCUT2D eigenvalue weighted by Gasteiger charge is 2.12. The van der Waals surface area contributed by atoms with Crippen LogP contribution in [0.4, 0.5) is 0 Å². The summed E-state index contributed by atoms with van der Waals surface area (Å²) in [5.74, 6) is -1.25. The van der Waals surface area contributed by atoms with Crippen molar-refractivity contribution in [3.8, 4) is 5.75 Å². The Labute approximate surface area is 138 Å². The molecular weight excluding hydrogens is 316 g/mol. The van der Waals surface area contributed by atoms with E-state index in [1.54, 1.807) is 36.4 Å². The van der Waals surface area contributed by atoms with Gasteiger partial charge in [0.25, 0.3) is 0 Å². The second-order valence-electron chi connectivity index (χ2n) is 4.99. The molecule has 2 aromatic carbocycles. The standard InChI is InChI=1S/C17H16O5S/c18-16(19)13-5-1-12(2-6-13)10-22-14-7-3-11(4-8-14)9-15(23)17(20)21/h1-8,15,23H,9-10H2,(H,18,19)(H,20,21). The number of aliphatic carboxylic acids is 1. The highest BCUT2D eigenvalue weighted by Crippen LogP contribution is 2.16. The van der Waals surface area contributed by atoms with Gasteiger partial charge in [-0.3, -0.25) is 4.79 Å². The van der Waals surface area contributed by atoms with Gasteiger partial charge in [-0.2, -0.15) is 12.6 Å². The highest BCUT2D eigenvalue weighted by atomic mass is 32.1. The van der Waals surface area contributed by atoms with Crippen LogP contribution in [-0.2, 0) is 17.8 Å². The molecule has 2 rings (SSSR count). The van der Waals surface area contributed by atoms with E-state index < -0.39 is 17.2 Å². The maximum absolute atomic E-state index is 10.8. The maximum Gasteiger partial charge on any atom is 0.335 e. The Morgan fingerprint density at radius 2 is 1.52 bits per heavy atom. The summed E-state index contributed by atoms with van der Waals surface area (Å²) in [5.41, 5.74) is 1.96. The summed E-state index contributed by atoms with van der Waals surface area (Å²) in [4.78, 5) is 21.5. The number of ether oxygens (including phenoxy) is 1. The fourth-order valence-corrected chi connectivity index (χ4v) is 2.15. The minimum atomic E-state index is -0.961. The predicted octanol–water partition coefficient (Wildman–Crippen LogP) is 2.89. The van der Waals surface area contributed by atoms with Crippen LogP contribution in [0.2, 0.25) is 0 Å². The van der Waals surface area contributed by atoms with Crippen molar-refractivity contribution >= 4 is 24.6 Å². The summed E-state index contributed by atoms with van der Waals surface area (Å²) in [6.45, 7) is 0.323. The number of carboxylic acid groups (broad SMARTS) is 2. The molecule has 0 saturated heterocycles. The molecule has 23 heavy (non-hydrogen) atoms. The lowest BCUT2D eigenvalue weighted by atomic mass is 10.1. The summed E-state index contributed by atoms with van der Waals surface area (Å²) >= 11 is 4.00. The van der Waals surface area contributed by atoms with E-state index in [9.17, 15) is 9.59 Å². The van der Waals surface area contributed by atoms with Crippen LogP contribution in [0.25, 0.3) is 0 Å². The number of hydrogen-bond acceptors (Lipinski definition) is 4. The average Bonchev–Trinajstić information content (AvgIpc) is 2.54. The molecule has 1 atom stereocenters. The van der Waals surface area contributed by atoms with E-state index >= 15 is 0 Å². The van der Waals surface area contributed by atoms with E-state index in [1.807, 2.05) is 0 Å². The molecule has 0 bridgehead atoms. The molecule has 6 heteroatoms. The van der Waals surface area contributed by atoms with Crippen LogP contribution in [0, 0.1) is 0 Å². The van der Waals surface area contributed by atoms with Gasteiger partial charge in [0.05, 0.1) is 5.56 Å². The Morgan fingerprint density at radius 3 is 2.04 bits per heavy atom. The van der Waals surface area contributed by atoms with E-state index in [1.165, 1.54) is 12.1 Å². The monoisotopic (exact) mass is 332 g/mol. The molecule has 5 nitrogen and oxygen atoms in total. The lowest BCUT2D eigenvalue weighted by molar-refractivity contribution is -0.136. The summed E-state index contributed by atoms with van der Waals surface area (Å²) in [6.07, 6.45) is 0.343. The number of carboxylic acids is 2. The summed E-state index contributed by atoms with van der Waals surface area (Å²) < 4.78 is 5.62. The first kappa shape index (κ1) is 16.9. The minimum absolute atomic E-state index is 0.234. The first-order valence-electron chi connectivity index (χ1n) is 6.90. The molecule has 0 aliphatic carbocycles. The molecule has 0 heterocycles. The van der Waals surface area contributed by atoms with Gasteiger partial charge in [0.2, 0.25) is 0 Å². The Morgan fingerprint density at radius 1 is 0.957 bits per heavy atom. The van der Waals surface area contributed by atoms with Crippen LogP contribution in [-0.4, -0.2) is 27.4 Å². The summed E-state index contributed by atoms with van der Waals surface area (Å²) in [5, 5.41) is 16.9. The Hall–Kier alpha value is -2.47. The van der Waals surface area contributed by atoms with E-state index in [2.05, 4.69) is 12.6 Å². The zero-order valence-corrected chi connectivity index (χ0v) is 13.1. The Balaban J connectivity index is 1.91. The lowest BCUT2D eigenvalue weighted by Crippen LogP contribution is -2.15. The quantitative estimate of drug-likeness (QED) is 0.679. The van der Waals surface area contributed by atoms with Gasteiger partial charge in [0.15, 0.2) is 0 Å². The fraction of sp³-hybridized carbons (Fsp3) is 0.176. The number of rotatable bonds is 7. The SMILES string of the molecule is O=C(O)c1ccc(COc2ccc(CC(S)C(=O)O)cc2)cc1. The average molecular weight is 332 g/mol. The van der Waals surface area contributed by atoms with Crippen LogP contribution in [0.5, 0.6) is 5.75 Å². The van der Waals surface area contributed by atoms with E-state index in [4.69, 9.17) is 14.9 Å². The van der Waals surface area contributed by atoms with Crippen molar-refractivity contribution in [3.63, 3.8) is 0 Å². The van der Waals surface area contributed by atoms with Gasteiger partial charge in [-0.05, 0) is 41.8 Å². The van der Waals surface area contributed by atoms with E-state index in [0.717, 1.165) is 11.1 Å². The molecule has 2 N–H and O–H groups in total. The van der Waals surface area contributed by atoms with E-state index in [-0.39, 0.29) is 5.56 Å². The molecule has 0 aliphatic heterocycles. The van der Waals surface area contributed by atoms with Crippen LogP contribution >= 0.6 is 12.6 Å². The number of benzene rings is 2. The fourth-order valence-electron chi connectivity index (χ4n) is 1.94. The van der Waals surface area contributed by atoms with Crippen molar-refractivity contribution in [1.82, 2.24) is 0 Å². The van der Waals surface area contributed by atoms with Gasteiger partial charge in [-0.1, -0.05) is 24.3 Å². The van der Waals surface area contributed by atoms with Crippen LogP contribution in [0.15, 0.2) is 48.5 Å². The Bertz CT molecular complexity index is 679. The van der Waals surface area contributed by atoms with Crippen molar-refractivity contribution in [3.05, 3.63) is 65.2 Å². The van der Waals surface area contributed by atoms with Crippen molar-refractivity contribution in [2.75, 3.05) is 0 Å². The largest absolute Gasteiger partial charge is 0.489 e. The molecule has 0 aromatic heterocycles. The second-order valence-corrected chi connectivity index (χ2v) is 5.62. The summed E-state index contributed by atoms with van der Waals surface area (Å²) in [6, 6.07) is 13.6. The third-order valence-electron chi connectivity index (χ3n) is 3.24. The van der Waals surface area contributed by atoms with Crippen LogP contribution in [0.1, 0.15) is 21.5 Å². The van der Waals surface area contributed by atoms with Gasteiger partial charge in [0, 0.05) is 0 Å². The Kier molecular flexibility index (Phi) is 5.65. The number of carbonyl (C=O) groups is 2. The number of hydrogen-bond donors (Lipinski definition) is 3. The zero-order chi connectivity index (χ0) is 16.8. The zero-order valence-electron chi connectivity index (χ0n) is 12.2. The molecule has 0 saturated carbocycles. The first-order valence-corrected chi connectivity index (χ1v) is 7.42. The van der Waals surface area contributed by atoms with Crippen LogP contribution < -0.4 is 4.74 Å². The van der Waals surface area contributed by atoms with Crippen LogP contribution in [0.3, 0.4) is 0 Å². The first-order chi connectivity index (χ1) is 11.0. The van der Waals surface area contributed by atoms with Gasteiger partial charge in [0.1, 0.15) is 17.6 Å². The predicted molar refractivity (Wildman–Crippen MR) is 88.3 cm³/mol. The molecule has 120 valence electrons. The van der Waals surface area contributed by atoms with Gasteiger partial charge in [-0.25, -0.2) is 4.79 Å².